The second-order valence-corrected chi connectivity index (χ2v) is 7.86. The average molecular weight is 458 g/mol. The Hall–Kier alpha value is -3.66. The maximum Gasteiger partial charge on any atom is 0.339 e. The minimum Gasteiger partial charge on any atom is -0.497 e. The Kier molecular flexibility index (Phi) is 7.61. The molecule has 0 atom stereocenters. The Bertz CT molecular complexity index is 1180. The molecule has 0 spiro atoms. The van der Waals surface area contributed by atoms with Crippen molar-refractivity contribution in [1.29, 1.82) is 0 Å². The van der Waals surface area contributed by atoms with Gasteiger partial charge in [-0.3, -0.25) is 14.9 Å². The molecular weight excluding hydrogens is 436 g/mol. The van der Waals surface area contributed by atoms with E-state index < -0.39 is 30.1 Å². The summed E-state index contributed by atoms with van der Waals surface area (Å²) in [6.45, 7) is 1.46. The number of thiophene rings is 1. The number of imide groups is 1. The van der Waals surface area contributed by atoms with E-state index in [-0.39, 0.29) is 19.4 Å². The third kappa shape index (κ3) is 5.94. The minimum absolute atomic E-state index is 0.0951. The highest BCUT2D eigenvalue weighted by Crippen LogP contribution is 2.24. The molecule has 3 rings (SSSR count). The smallest absolute Gasteiger partial charge is 0.339 e. The lowest BCUT2D eigenvalue weighted by Gasteiger charge is -2.09. The summed E-state index contributed by atoms with van der Waals surface area (Å²) in [7, 11) is 1.52. The van der Waals surface area contributed by atoms with Crippen LogP contribution in [0.4, 0.5) is 4.79 Å². The van der Waals surface area contributed by atoms with Crippen LogP contribution in [0.15, 0.2) is 44.9 Å². The maximum absolute atomic E-state index is 12.3. The fraction of sp³-hybridized carbons (Fsp3) is 0.273. The van der Waals surface area contributed by atoms with E-state index >= 15 is 0 Å². The molecule has 0 unspecified atom stereocenters. The van der Waals surface area contributed by atoms with E-state index in [1.54, 1.807) is 25.1 Å². The molecule has 32 heavy (non-hydrogen) atoms. The number of aryl methyl sites for hydroxylation is 1. The summed E-state index contributed by atoms with van der Waals surface area (Å²) in [6, 6.07) is 8.18. The van der Waals surface area contributed by atoms with E-state index in [4.69, 9.17) is 13.9 Å². The number of nitrogens with one attached hydrogen (secondary N) is 2. The predicted octanol–water partition coefficient (Wildman–Crippen LogP) is 2.67. The van der Waals surface area contributed by atoms with Gasteiger partial charge in [-0.05, 0) is 42.5 Å². The molecule has 3 aromatic rings. The summed E-state index contributed by atoms with van der Waals surface area (Å²) < 4.78 is 15.4. The van der Waals surface area contributed by atoms with Crippen LogP contribution in [0.1, 0.15) is 22.4 Å². The zero-order valence-electron chi connectivity index (χ0n) is 17.6. The van der Waals surface area contributed by atoms with E-state index in [1.807, 2.05) is 17.5 Å². The minimum atomic E-state index is -0.752. The van der Waals surface area contributed by atoms with Crippen molar-refractivity contribution in [2.24, 2.45) is 0 Å². The fourth-order valence-corrected chi connectivity index (χ4v) is 3.67. The third-order valence-electron chi connectivity index (χ3n) is 4.69. The molecule has 0 aliphatic heterocycles. The largest absolute Gasteiger partial charge is 0.497 e. The molecular formula is C22H22N2O7S. The van der Waals surface area contributed by atoms with Gasteiger partial charge in [0.05, 0.1) is 13.7 Å². The van der Waals surface area contributed by atoms with Crippen LogP contribution in [-0.4, -0.2) is 31.6 Å². The molecule has 0 saturated carbocycles. The predicted molar refractivity (Wildman–Crippen MR) is 118 cm³/mol. The molecule has 10 heteroatoms. The van der Waals surface area contributed by atoms with Gasteiger partial charge in [-0.25, -0.2) is 9.59 Å². The summed E-state index contributed by atoms with van der Waals surface area (Å²) in [6.07, 6.45) is -0.0248. The lowest BCUT2D eigenvalue weighted by atomic mass is 10.0. The number of carbonyl (C=O) groups is 3. The van der Waals surface area contributed by atoms with E-state index in [1.165, 1.54) is 18.4 Å². The van der Waals surface area contributed by atoms with Gasteiger partial charge in [-0.15, -0.1) is 11.3 Å². The first-order valence-electron chi connectivity index (χ1n) is 9.73. The first-order chi connectivity index (χ1) is 15.4. The highest BCUT2D eigenvalue weighted by atomic mass is 32.1. The fourth-order valence-electron chi connectivity index (χ4n) is 3.02. The van der Waals surface area contributed by atoms with Gasteiger partial charge in [0.15, 0.2) is 6.61 Å². The number of carbonyl (C=O) groups excluding carboxylic acids is 3. The molecule has 1 aromatic carbocycles. The van der Waals surface area contributed by atoms with E-state index in [9.17, 15) is 19.2 Å². The molecule has 168 valence electrons. The first kappa shape index (κ1) is 23.0. The summed E-state index contributed by atoms with van der Waals surface area (Å²) in [5.74, 6) is -0.861. The SMILES string of the molecule is COc1ccc2c(C)c(CCC(=O)OCC(=O)NC(=O)NCc3cccs3)c(=O)oc2c1. The molecule has 0 radical (unpaired) electrons. The van der Waals surface area contributed by atoms with Crippen LogP contribution in [-0.2, 0) is 27.3 Å². The van der Waals surface area contributed by atoms with Gasteiger partial charge in [0, 0.05) is 28.3 Å². The van der Waals surface area contributed by atoms with Crippen LogP contribution < -0.4 is 21.0 Å². The van der Waals surface area contributed by atoms with Gasteiger partial charge in [0.2, 0.25) is 0 Å². The summed E-state index contributed by atoms with van der Waals surface area (Å²) in [5.41, 5.74) is 0.910. The third-order valence-corrected chi connectivity index (χ3v) is 5.57. The Morgan fingerprint density at radius 1 is 1.19 bits per heavy atom. The summed E-state index contributed by atoms with van der Waals surface area (Å²) in [5, 5.41) is 7.23. The second-order valence-electron chi connectivity index (χ2n) is 6.83. The highest BCUT2D eigenvalue weighted by molar-refractivity contribution is 7.09. The number of rotatable bonds is 8. The van der Waals surface area contributed by atoms with Crippen LogP contribution in [0.2, 0.25) is 0 Å². The van der Waals surface area contributed by atoms with Crippen molar-refractivity contribution < 1.29 is 28.3 Å². The molecule has 3 amide bonds. The van der Waals surface area contributed by atoms with Crippen molar-refractivity contribution >= 4 is 40.2 Å². The van der Waals surface area contributed by atoms with Crippen LogP contribution in [0.5, 0.6) is 5.75 Å². The number of methoxy groups -OCH3 is 1. The number of hydrogen-bond donors (Lipinski definition) is 2. The molecule has 2 N–H and O–H groups in total. The molecule has 9 nitrogen and oxygen atoms in total. The Balaban J connectivity index is 1.48. The standard InChI is InChI=1S/C22H22N2O7S/c1-13-16-6-5-14(29-2)10-18(16)31-21(27)17(13)7-8-20(26)30-12-19(25)24-22(28)23-11-15-4-3-9-32-15/h3-6,9-10H,7-8,11-12H2,1-2H3,(H2,23,24,25,28). The molecule has 0 saturated heterocycles. The summed E-state index contributed by atoms with van der Waals surface area (Å²) >= 11 is 1.47. The number of amides is 3. The van der Waals surface area contributed by atoms with Gasteiger partial charge in [-0.2, -0.15) is 0 Å². The van der Waals surface area contributed by atoms with Gasteiger partial charge >= 0.3 is 17.6 Å². The van der Waals surface area contributed by atoms with Crippen molar-refractivity contribution in [3.8, 4) is 5.75 Å². The number of hydrogen-bond acceptors (Lipinski definition) is 8. The van der Waals surface area contributed by atoms with Crippen molar-refractivity contribution in [2.45, 2.75) is 26.3 Å². The molecule has 0 bridgehead atoms. The quantitative estimate of drug-likeness (QED) is 0.393. The number of esters is 1. The van der Waals surface area contributed by atoms with Crippen LogP contribution >= 0.6 is 11.3 Å². The highest BCUT2D eigenvalue weighted by Gasteiger charge is 2.15. The van der Waals surface area contributed by atoms with Gasteiger partial charge in [-0.1, -0.05) is 6.07 Å². The number of benzene rings is 1. The zero-order chi connectivity index (χ0) is 23.1. The normalized spacial score (nSPS) is 10.6. The average Bonchev–Trinajstić information content (AvgIpc) is 3.29. The molecule has 0 aliphatic carbocycles. The van der Waals surface area contributed by atoms with Crippen molar-refractivity contribution in [2.75, 3.05) is 13.7 Å². The van der Waals surface area contributed by atoms with Crippen molar-refractivity contribution in [1.82, 2.24) is 10.6 Å². The van der Waals surface area contributed by atoms with E-state index in [2.05, 4.69) is 10.6 Å². The first-order valence-corrected chi connectivity index (χ1v) is 10.6. The molecule has 0 fully saturated rings. The van der Waals surface area contributed by atoms with Crippen molar-refractivity contribution in [3.05, 3.63) is 62.1 Å². The van der Waals surface area contributed by atoms with Crippen LogP contribution in [0.25, 0.3) is 11.0 Å². The van der Waals surface area contributed by atoms with Crippen LogP contribution in [0, 0.1) is 6.92 Å². The van der Waals surface area contributed by atoms with Gasteiger partial charge < -0.3 is 19.2 Å². The monoisotopic (exact) mass is 458 g/mol. The van der Waals surface area contributed by atoms with Crippen molar-refractivity contribution in [3.63, 3.8) is 0 Å². The maximum atomic E-state index is 12.3. The van der Waals surface area contributed by atoms with E-state index in [0.29, 0.717) is 22.5 Å². The molecule has 0 aliphatic rings. The van der Waals surface area contributed by atoms with E-state index in [0.717, 1.165) is 10.3 Å². The molecule has 2 heterocycles. The topological polar surface area (TPSA) is 124 Å². The summed E-state index contributed by atoms with van der Waals surface area (Å²) in [4.78, 5) is 48.7. The van der Waals surface area contributed by atoms with Gasteiger partial charge in [0.25, 0.3) is 5.91 Å². The van der Waals surface area contributed by atoms with Gasteiger partial charge in [0.1, 0.15) is 11.3 Å². The lowest BCUT2D eigenvalue weighted by molar-refractivity contribution is -0.148. The number of urea groups is 1. The second kappa shape index (κ2) is 10.6. The zero-order valence-corrected chi connectivity index (χ0v) is 18.4. The lowest BCUT2D eigenvalue weighted by Crippen LogP contribution is -2.41. The molecule has 2 aromatic heterocycles. The number of fused-ring (bicyclic) bond motifs is 1. The number of ether oxygens (including phenoxy) is 2. The van der Waals surface area contributed by atoms with Crippen LogP contribution in [0.3, 0.4) is 0 Å². The Morgan fingerprint density at radius 3 is 2.72 bits per heavy atom. The Morgan fingerprint density at radius 2 is 2.00 bits per heavy atom. The Labute approximate surface area is 187 Å².